The zero-order chi connectivity index (χ0) is 45.8. The highest BCUT2D eigenvalue weighted by Crippen LogP contribution is 2.68. The molecule has 0 aromatic heterocycles. The van der Waals surface area contributed by atoms with Crippen molar-refractivity contribution in [3.8, 4) is 11.1 Å². The van der Waals surface area contributed by atoms with E-state index < -0.39 is 10.8 Å². The Kier molecular flexibility index (Phi) is 10.1. The number of hydrogen-bond donors (Lipinski definition) is 0. The smallest absolute Gasteiger partial charge is 0.161 e. The zero-order valence-corrected chi connectivity index (χ0v) is 38.3. The Balaban J connectivity index is 1.18. The minimum atomic E-state index is -0.757. The molecule has 4 aliphatic rings. The van der Waals surface area contributed by atoms with Gasteiger partial charge in [-0.1, -0.05) is 232 Å². The van der Waals surface area contributed by atoms with Gasteiger partial charge in [0.25, 0.3) is 0 Å². The molecule has 0 unspecified atom stereocenters. The van der Waals surface area contributed by atoms with Gasteiger partial charge in [0.1, 0.15) is 0 Å². The number of nitrogens with zero attached hydrogens (tertiary/aromatic N) is 3. The lowest BCUT2D eigenvalue weighted by Crippen LogP contribution is -2.43. The van der Waals surface area contributed by atoms with Gasteiger partial charge in [0.05, 0.1) is 17.4 Å². The van der Waals surface area contributed by atoms with E-state index in [2.05, 4.69) is 219 Å². The molecule has 0 bridgehead atoms. The largest absolute Gasteiger partial charge is 0.261 e. The Morgan fingerprint density at radius 2 is 1.01 bits per heavy atom. The Bertz CT molecular complexity index is 3530. The normalized spacial score (nSPS) is 17.6. The van der Waals surface area contributed by atoms with Crippen LogP contribution in [0.3, 0.4) is 0 Å². The summed E-state index contributed by atoms with van der Waals surface area (Å²) in [4.78, 5) is 16.8. The van der Waals surface area contributed by atoms with Crippen LogP contribution in [0.4, 0.5) is 0 Å². The van der Waals surface area contributed by atoms with Crippen LogP contribution >= 0.6 is 11.8 Å². The minimum absolute atomic E-state index is 0.450. The van der Waals surface area contributed by atoms with Crippen molar-refractivity contribution in [2.75, 3.05) is 0 Å². The number of aliphatic imine (C=N–C) groups is 3. The molecule has 0 radical (unpaired) electrons. The molecule has 3 aliphatic carbocycles. The van der Waals surface area contributed by atoms with Gasteiger partial charge in [-0.25, -0.2) is 9.98 Å². The first-order valence-corrected chi connectivity index (χ1v) is 23.9. The highest BCUT2D eigenvalue weighted by molar-refractivity contribution is 8.06. The Hall–Kier alpha value is -8.18. The molecule has 1 heterocycles. The number of fused-ring (bicyclic) bond motifs is 16. The lowest BCUT2D eigenvalue weighted by Gasteiger charge is -2.49. The van der Waals surface area contributed by atoms with Crippen molar-refractivity contribution in [3.63, 3.8) is 0 Å². The summed E-state index contributed by atoms with van der Waals surface area (Å²) >= 11 is 1.77. The molecule has 2 spiro atoms. The van der Waals surface area contributed by atoms with Gasteiger partial charge in [-0.15, -0.1) is 11.8 Å². The molecule has 0 N–H and O–H groups in total. The van der Waals surface area contributed by atoms with Crippen molar-refractivity contribution in [1.29, 1.82) is 0 Å². The molecule has 0 amide bonds. The van der Waals surface area contributed by atoms with Crippen molar-refractivity contribution < 1.29 is 0 Å². The molecule has 322 valence electrons. The lowest BCUT2D eigenvalue weighted by molar-refractivity contribution is 0.638. The van der Waals surface area contributed by atoms with Crippen LogP contribution in [0, 0.1) is 0 Å². The second kappa shape index (κ2) is 16.6. The minimum Gasteiger partial charge on any atom is -0.261 e. The SMILES string of the molecule is C=NC(=NC(=NCc1ccccc1)c1cccc2ccccc12)c1cccc2c1C1=C(S/C=C\C=C/C(=C)C(=C)/C=C\1)C21c2ccccc2C2(c3ccccc3-c3ccccc32)c2ccccc21. The maximum atomic E-state index is 5.49. The molecule has 0 saturated heterocycles. The van der Waals surface area contributed by atoms with Gasteiger partial charge in [-0.3, -0.25) is 4.99 Å². The van der Waals surface area contributed by atoms with Crippen molar-refractivity contribution in [2.24, 2.45) is 15.0 Å². The zero-order valence-electron chi connectivity index (χ0n) is 37.4. The molecular formula is C64H45N3S. The molecule has 3 nitrogen and oxygen atoms in total. The summed E-state index contributed by atoms with van der Waals surface area (Å²) in [7, 11) is 0. The maximum absolute atomic E-state index is 5.49. The Morgan fingerprint density at radius 3 is 1.71 bits per heavy atom. The lowest BCUT2D eigenvalue weighted by atomic mass is 9.53. The van der Waals surface area contributed by atoms with Crippen LogP contribution in [-0.4, -0.2) is 18.4 Å². The van der Waals surface area contributed by atoms with E-state index in [4.69, 9.17) is 15.0 Å². The van der Waals surface area contributed by atoms with Crippen LogP contribution in [0.2, 0.25) is 0 Å². The van der Waals surface area contributed by atoms with Crippen LogP contribution in [0.5, 0.6) is 0 Å². The second-order valence-electron chi connectivity index (χ2n) is 17.6. The van der Waals surface area contributed by atoms with Gasteiger partial charge >= 0.3 is 0 Å². The van der Waals surface area contributed by atoms with Gasteiger partial charge in [0, 0.05) is 16.0 Å². The molecule has 12 rings (SSSR count). The first kappa shape index (κ1) is 41.3. The molecule has 68 heavy (non-hydrogen) atoms. The predicted octanol–water partition coefficient (Wildman–Crippen LogP) is 15.2. The summed E-state index contributed by atoms with van der Waals surface area (Å²) in [5.41, 5.74) is 16.7. The van der Waals surface area contributed by atoms with Crippen LogP contribution in [0.25, 0.3) is 27.5 Å². The summed E-state index contributed by atoms with van der Waals surface area (Å²) in [6.07, 6.45) is 10.5. The van der Waals surface area contributed by atoms with Crippen molar-refractivity contribution in [1.82, 2.24) is 0 Å². The van der Waals surface area contributed by atoms with E-state index in [0.717, 1.165) is 55.3 Å². The number of amidine groups is 2. The third kappa shape index (κ3) is 6.11. The van der Waals surface area contributed by atoms with E-state index in [0.29, 0.717) is 18.2 Å². The van der Waals surface area contributed by atoms with E-state index in [1.807, 2.05) is 24.3 Å². The van der Waals surface area contributed by atoms with E-state index in [-0.39, 0.29) is 0 Å². The van der Waals surface area contributed by atoms with Crippen LogP contribution in [0.15, 0.2) is 268 Å². The Labute approximate surface area is 402 Å². The number of rotatable bonds is 4. The van der Waals surface area contributed by atoms with E-state index >= 15 is 0 Å². The molecule has 1 aliphatic heterocycles. The average Bonchev–Trinajstić information content (AvgIpc) is 3.84. The van der Waals surface area contributed by atoms with Crippen LogP contribution in [0.1, 0.15) is 61.2 Å². The third-order valence-corrected chi connectivity index (χ3v) is 15.2. The number of thioether (sulfide) groups is 1. The maximum Gasteiger partial charge on any atom is 0.161 e. The number of allylic oxidation sites excluding steroid dienone is 9. The summed E-state index contributed by atoms with van der Waals surface area (Å²) < 4.78 is 0. The van der Waals surface area contributed by atoms with Gasteiger partial charge in [0.2, 0.25) is 0 Å². The topological polar surface area (TPSA) is 37.1 Å². The van der Waals surface area contributed by atoms with Crippen molar-refractivity contribution in [2.45, 2.75) is 17.4 Å². The average molecular weight is 888 g/mol. The molecule has 0 atom stereocenters. The molecule has 0 fully saturated rings. The first-order chi connectivity index (χ1) is 33.5. The van der Waals surface area contributed by atoms with E-state index in [9.17, 15) is 0 Å². The standard InChI is InChI=1S/C64H45N3S/c1-42-21-17-18-40-68-60-50(39-38-43(42)2)59-51(61(65-3)67-62(66-41-44-22-5-4-6-23-44)49-29-19-25-45-24-7-8-26-46(45)49)30-20-37-58(59)64(60)56-35-15-13-33-54(56)63(55-34-14-16-36-57(55)64)52-31-11-9-27-47(52)48-28-10-12-32-53(48)63/h4-40H,1-3,41H2/b21-17-,39-38-,40-18-,66-62?,67-61?. The molecule has 8 aromatic carbocycles. The van der Waals surface area contributed by atoms with Gasteiger partial charge < -0.3 is 0 Å². The Morgan fingerprint density at radius 1 is 0.471 bits per heavy atom. The van der Waals surface area contributed by atoms with Gasteiger partial charge in [-0.2, -0.15) is 0 Å². The van der Waals surface area contributed by atoms with Crippen LogP contribution in [-0.2, 0) is 17.4 Å². The quantitative estimate of drug-likeness (QED) is 0.128. The van der Waals surface area contributed by atoms with Crippen molar-refractivity contribution >= 4 is 46.5 Å². The summed E-state index contributed by atoms with van der Waals surface area (Å²) in [6, 6.07) is 68.0. The second-order valence-corrected chi connectivity index (χ2v) is 18.5. The summed E-state index contributed by atoms with van der Waals surface area (Å²) in [5, 5.41) is 4.39. The van der Waals surface area contributed by atoms with Gasteiger partial charge in [-0.05, 0) is 101 Å². The molecular weight excluding hydrogens is 843 g/mol. The summed E-state index contributed by atoms with van der Waals surface area (Å²) in [6.45, 7) is 13.6. The highest BCUT2D eigenvalue weighted by Gasteiger charge is 2.59. The fraction of sp³-hybridized carbons (Fsp3) is 0.0469. The fourth-order valence-electron chi connectivity index (χ4n) is 11.4. The summed E-state index contributed by atoms with van der Waals surface area (Å²) in [5.74, 6) is 1.08. The highest BCUT2D eigenvalue weighted by atomic mass is 32.2. The molecule has 0 saturated carbocycles. The predicted molar refractivity (Wildman–Crippen MR) is 287 cm³/mol. The van der Waals surface area contributed by atoms with E-state index in [1.54, 1.807) is 11.8 Å². The molecule has 4 heteroatoms. The van der Waals surface area contributed by atoms with Crippen LogP contribution < -0.4 is 0 Å². The molecule has 8 aromatic rings. The first-order valence-electron chi connectivity index (χ1n) is 23.0. The number of hydrogen-bond acceptors (Lipinski definition) is 2. The van der Waals surface area contributed by atoms with Gasteiger partial charge in [0.15, 0.2) is 11.7 Å². The van der Waals surface area contributed by atoms with E-state index in [1.165, 1.54) is 49.4 Å². The van der Waals surface area contributed by atoms with Crippen molar-refractivity contribution in [3.05, 3.63) is 314 Å². The fourth-order valence-corrected chi connectivity index (χ4v) is 12.5. The monoisotopic (exact) mass is 887 g/mol. The number of benzene rings is 8. The third-order valence-electron chi connectivity index (χ3n) is 14.2.